The molecule has 132 valence electrons. The number of rotatable bonds is 3. The van der Waals surface area contributed by atoms with Gasteiger partial charge in [-0.05, 0) is 31.4 Å². The summed E-state index contributed by atoms with van der Waals surface area (Å²) in [6.45, 7) is 11.7. The molecule has 6 nitrogen and oxygen atoms in total. The first kappa shape index (κ1) is 17.5. The van der Waals surface area contributed by atoms with Crippen molar-refractivity contribution in [3.8, 4) is 11.3 Å². The Labute approximate surface area is 148 Å². The van der Waals surface area contributed by atoms with Crippen molar-refractivity contribution in [2.75, 3.05) is 18.0 Å². The minimum atomic E-state index is -0.960. The summed E-state index contributed by atoms with van der Waals surface area (Å²) in [5.74, 6) is 1.46. The van der Waals surface area contributed by atoms with E-state index in [4.69, 9.17) is 4.98 Å². The Morgan fingerprint density at radius 3 is 2.44 bits per heavy atom. The normalized spacial score (nSPS) is 14.6. The minimum absolute atomic E-state index is 0.149. The molecule has 0 saturated carbocycles. The van der Waals surface area contributed by atoms with Gasteiger partial charge in [0.05, 0.1) is 24.1 Å². The van der Waals surface area contributed by atoms with Crippen molar-refractivity contribution in [1.29, 1.82) is 0 Å². The van der Waals surface area contributed by atoms with Gasteiger partial charge in [0, 0.05) is 24.5 Å². The lowest BCUT2D eigenvalue weighted by Gasteiger charge is -2.32. The van der Waals surface area contributed by atoms with Crippen LogP contribution in [0.3, 0.4) is 0 Å². The summed E-state index contributed by atoms with van der Waals surface area (Å²) in [4.78, 5) is 20.2. The van der Waals surface area contributed by atoms with Gasteiger partial charge < -0.3 is 10.0 Å². The van der Waals surface area contributed by atoms with E-state index in [-0.39, 0.29) is 5.41 Å². The van der Waals surface area contributed by atoms with Crippen LogP contribution in [-0.2, 0) is 5.60 Å². The molecule has 0 aliphatic carbocycles. The van der Waals surface area contributed by atoms with Crippen LogP contribution < -0.4 is 4.90 Å². The molecule has 6 heteroatoms. The molecule has 1 aliphatic heterocycles. The summed E-state index contributed by atoms with van der Waals surface area (Å²) in [6.07, 6.45) is 5.32. The first-order valence-corrected chi connectivity index (χ1v) is 8.47. The Bertz CT molecular complexity index is 785. The van der Waals surface area contributed by atoms with Crippen LogP contribution in [0, 0.1) is 5.41 Å². The molecule has 1 aliphatic rings. The van der Waals surface area contributed by atoms with Gasteiger partial charge in [0.15, 0.2) is 11.6 Å². The van der Waals surface area contributed by atoms with Gasteiger partial charge in [0.2, 0.25) is 0 Å². The third-order valence-electron chi connectivity index (χ3n) is 3.90. The number of hydrogen-bond acceptors (Lipinski definition) is 6. The summed E-state index contributed by atoms with van der Waals surface area (Å²) in [5.41, 5.74) is 1.44. The number of aromatic nitrogens is 3. The van der Waals surface area contributed by atoms with E-state index in [0.717, 1.165) is 30.2 Å². The van der Waals surface area contributed by atoms with E-state index in [1.807, 2.05) is 18.3 Å². The third kappa shape index (κ3) is 4.02. The van der Waals surface area contributed by atoms with Crippen molar-refractivity contribution in [1.82, 2.24) is 15.0 Å². The van der Waals surface area contributed by atoms with Gasteiger partial charge >= 0.3 is 0 Å². The van der Waals surface area contributed by atoms with Gasteiger partial charge in [-0.1, -0.05) is 20.8 Å². The van der Waals surface area contributed by atoms with Crippen molar-refractivity contribution < 1.29 is 5.11 Å². The number of pyridine rings is 1. The Balaban J connectivity index is 1.94. The predicted molar refractivity (Wildman–Crippen MR) is 100 cm³/mol. The smallest absolute Gasteiger partial charge is 0.195 e. The number of fused-ring (bicyclic) bond motifs is 1. The second kappa shape index (κ2) is 6.19. The van der Waals surface area contributed by atoms with Crippen LogP contribution in [0.25, 0.3) is 11.3 Å². The van der Waals surface area contributed by atoms with E-state index >= 15 is 0 Å². The van der Waals surface area contributed by atoms with Crippen LogP contribution in [0.4, 0.5) is 11.6 Å². The van der Waals surface area contributed by atoms with E-state index in [2.05, 4.69) is 40.6 Å². The number of hydrogen-bond donors (Lipinski definition) is 1. The quantitative estimate of drug-likeness (QED) is 0.928. The van der Waals surface area contributed by atoms with E-state index in [1.54, 1.807) is 26.2 Å². The molecule has 0 spiro atoms. The third-order valence-corrected chi connectivity index (χ3v) is 3.90. The summed E-state index contributed by atoms with van der Waals surface area (Å²) >= 11 is 0. The van der Waals surface area contributed by atoms with Crippen LogP contribution in [-0.4, -0.2) is 39.4 Å². The molecule has 3 rings (SSSR count). The fourth-order valence-electron chi connectivity index (χ4n) is 2.75. The van der Waals surface area contributed by atoms with E-state index in [1.165, 1.54) is 0 Å². The van der Waals surface area contributed by atoms with Crippen LogP contribution in [0.15, 0.2) is 29.5 Å². The number of aliphatic imine (C=N–C) groups is 1. The van der Waals surface area contributed by atoms with Gasteiger partial charge in [0.1, 0.15) is 5.60 Å². The molecule has 0 radical (unpaired) electrons. The molecule has 2 aromatic rings. The van der Waals surface area contributed by atoms with Crippen molar-refractivity contribution in [3.63, 3.8) is 0 Å². The highest BCUT2D eigenvalue weighted by Crippen LogP contribution is 2.31. The molecular formula is C19H25N5O. The zero-order valence-electron chi connectivity index (χ0n) is 15.5. The monoisotopic (exact) mass is 339 g/mol. The number of nitrogens with zero attached hydrogens (tertiary/aromatic N) is 5. The van der Waals surface area contributed by atoms with E-state index < -0.39 is 5.60 Å². The zero-order valence-corrected chi connectivity index (χ0v) is 15.5. The Hall–Kier alpha value is -2.34. The minimum Gasteiger partial charge on any atom is -0.384 e. The molecule has 0 saturated heterocycles. The van der Waals surface area contributed by atoms with Crippen molar-refractivity contribution >= 4 is 17.9 Å². The topological polar surface area (TPSA) is 74.5 Å². The van der Waals surface area contributed by atoms with Crippen LogP contribution in [0.2, 0.25) is 0 Å². The molecule has 1 N–H and O–H groups in total. The molecule has 0 fully saturated rings. The van der Waals surface area contributed by atoms with Crippen LogP contribution >= 0.6 is 0 Å². The van der Waals surface area contributed by atoms with E-state index in [9.17, 15) is 5.11 Å². The average molecular weight is 339 g/mol. The summed E-state index contributed by atoms with van der Waals surface area (Å²) in [6, 6.07) is 3.73. The highest BCUT2D eigenvalue weighted by atomic mass is 16.3. The zero-order chi connectivity index (χ0) is 18.2. The maximum absolute atomic E-state index is 10.0. The lowest BCUT2D eigenvalue weighted by molar-refractivity contribution is 0.0739. The highest BCUT2D eigenvalue weighted by molar-refractivity contribution is 5.78. The highest BCUT2D eigenvalue weighted by Gasteiger charge is 2.23. The van der Waals surface area contributed by atoms with Crippen LogP contribution in [0.1, 0.15) is 40.3 Å². The van der Waals surface area contributed by atoms with E-state index in [0.29, 0.717) is 11.5 Å². The second-order valence-corrected chi connectivity index (χ2v) is 8.15. The number of aliphatic hydroxyl groups is 1. The van der Waals surface area contributed by atoms with Crippen LogP contribution in [0.5, 0.6) is 0 Å². The molecule has 0 bridgehead atoms. The van der Waals surface area contributed by atoms with Gasteiger partial charge in [-0.3, -0.25) is 4.98 Å². The Kier molecular flexibility index (Phi) is 4.33. The SMILES string of the molecule is CC(C)(C)CN1CC=Nc2ncc(-c3ccc(C(C)(C)O)nc3)nc21. The predicted octanol–water partition coefficient (Wildman–Crippen LogP) is 3.33. The summed E-state index contributed by atoms with van der Waals surface area (Å²) < 4.78 is 0. The Morgan fingerprint density at radius 2 is 1.84 bits per heavy atom. The molecule has 2 aromatic heterocycles. The molecule has 0 amide bonds. The first-order valence-electron chi connectivity index (χ1n) is 8.47. The van der Waals surface area contributed by atoms with Gasteiger partial charge in [-0.2, -0.15) is 0 Å². The fraction of sp³-hybridized carbons (Fsp3) is 0.474. The standard InChI is InChI=1S/C19H25N5O/c1-18(2,3)12-24-9-8-20-16-17(24)23-14(11-22-16)13-6-7-15(21-10-13)19(4,5)25/h6-8,10-11,25H,9,12H2,1-5H3. The molecule has 0 aromatic carbocycles. The first-order chi connectivity index (χ1) is 11.6. The number of anilines is 1. The Morgan fingerprint density at radius 1 is 1.08 bits per heavy atom. The molecule has 0 unspecified atom stereocenters. The molecule has 25 heavy (non-hydrogen) atoms. The molecular weight excluding hydrogens is 314 g/mol. The largest absolute Gasteiger partial charge is 0.384 e. The van der Waals surface area contributed by atoms with Crippen molar-refractivity contribution in [2.24, 2.45) is 10.4 Å². The van der Waals surface area contributed by atoms with Gasteiger partial charge in [-0.15, -0.1) is 0 Å². The van der Waals surface area contributed by atoms with Crippen molar-refractivity contribution in [2.45, 2.75) is 40.2 Å². The lowest BCUT2D eigenvalue weighted by atomic mass is 9.96. The fourth-order valence-corrected chi connectivity index (χ4v) is 2.75. The summed E-state index contributed by atoms with van der Waals surface area (Å²) in [5, 5.41) is 10.0. The second-order valence-electron chi connectivity index (χ2n) is 8.15. The average Bonchev–Trinajstić information content (AvgIpc) is 2.53. The summed E-state index contributed by atoms with van der Waals surface area (Å²) in [7, 11) is 0. The van der Waals surface area contributed by atoms with Gasteiger partial charge in [-0.25, -0.2) is 15.0 Å². The van der Waals surface area contributed by atoms with Gasteiger partial charge in [0.25, 0.3) is 0 Å². The molecule has 3 heterocycles. The molecule has 0 atom stereocenters. The van der Waals surface area contributed by atoms with Crippen molar-refractivity contribution in [3.05, 3.63) is 30.2 Å². The maximum Gasteiger partial charge on any atom is 0.195 e. The maximum atomic E-state index is 10.0. The lowest BCUT2D eigenvalue weighted by Crippen LogP contribution is -2.36.